The zero-order chi connectivity index (χ0) is 16.6. The fraction of sp³-hybridized carbons (Fsp3) is 0.333. The third-order valence-electron chi connectivity index (χ3n) is 3.63. The third kappa shape index (κ3) is 4.38. The fourth-order valence-electron chi connectivity index (χ4n) is 2.42. The van der Waals surface area contributed by atoms with Gasteiger partial charge in [-0.05, 0) is 42.7 Å². The van der Waals surface area contributed by atoms with Crippen LogP contribution in [0, 0.1) is 0 Å². The van der Waals surface area contributed by atoms with Crippen LogP contribution in [0.4, 0.5) is 0 Å². The number of nitrogens with zero attached hydrogens (tertiary/aromatic N) is 2. The zero-order valence-corrected chi connectivity index (χ0v) is 13.8. The van der Waals surface area contributed by atoms with Crippen molar-refractivity contribution in [1.29, 1.82) is 0 Å². The number of hydrogen-bond acceptors (Lipinski definition) is 4. The Labute approximate surface area is 141 Å². The van der Waals surface area contributed by atoms with E-state index in [1.165, 1.54) is 5.56 Å². The summed E-state index contributed by atoms with van der Waals surface area (Å²) in [5.41, 5.74) is 2.29. The van der Waals surface area contributed by atoms with Gasteiger partial charge < -0.3 is 20.1 Å². The quantitative estimate of drug-likeness (QED) is 0.629. The van der Waals surface area contributed by atoms with Gasteiger partial charge in [0.1, 0.15) is 0 Å². The minimum atomic E-state index is 0.292. The molecular weight excluding hydrogens is 304 g/mol. The molecule has 6 heteroatoms. The van der Waals surface area contributed by atoms with E-state index in [0.29, 0.717) is 13.3 Å². The van der Waals surface area contributed by atoms with Crippen LogP contribution in [-0.4, -0.2) is 30.8 Å². The average molecular weight is 326 g/mol. The standard InChI is InChI=1S/C18H22N4O2/c1-2-20-18(21-9-7-14-4-3-8-19-11-14)22-12-15-5-6-16-17(10-15)24-13-23-16/h3-6,8,10-11H,2,7,9,12-13H2,1H3,(H2,20,21,22). The van der Waals surface area contributed by atoms with Crippen LogP contribution in [0.1, 0.15) is 18.1 Å². The number of nitrogens with one attached hydrogen (secondary N) is 2. The van der Waals surface area contributed by atoms with Gasteiger partial charge in [0.25, 0.3) is 0 Å². The highest BCUT2D eigenvalue weighted by atomic mass is 16.7. The number of fused-ring (bicyclic) bond motifs is 1. The molecule has 0 radical (unpaired) electrons. The molecule has 1 aliphatic rings. The van der Waals surface area contributed by atoms with Crippen LogP contribution in [0.3, 0.4) is 0 Å². The molecule has 3 rings (SSSR count). The molecule has 0 aliphatic carbocycles. The maximum Gasteiger partial charge on any atom is 0.231 e. The van der Waals surface area contributed by atoms with Crippen molar-refractivity contribution in [3.8, 4) is 11.5 Å². The van der Waals surface area contributed by atoms with E-state index in [1.54, 1.807) is 6.20 Å². The summed E-state index contributed by atoms with van der Waals surface area (Å²) >= 11 is 0. The lowest BCUT2D eigenvalue weighted by atomic mass is 10.2. The van der Waals surface area contributed by atoms with E-state index in [9.17, 15) is 0 Å². The highest BCUT2D eigenvalue weighted by molar-refractivity contribution is 5.79. The number of rotatable bonds is 6. The molecule has 1 aromatic carbocycles. The van der Waals surface area contributed by atoms with Gasteiger partial charge in [-0.1, -0.05) is 12.1 Å². The Hall–Kier alpha value is -2.76. The van der Waals surface area contributed by atoms with Gasteiger partial charge in [-0.2, -0.15) is 0 Å². The van der Waals surface area contributed by atoms with Gasteiger partial charge in [0.05, 0.1) is 6.54 Å². The van der Waals surface area contributed by atoms with Gasteiger partial charge in [0.2, 0.25) is 6.79 Å². The molecule has 0 bridgehead atoms. The maximum atomic E-state index is 5.40. The Morgan fingerprint density at radius 1 is 1.17 bits per heavy atom. The molecule has 0 amide bonds. The second kappa shape index (κ2) is 8.19. The van der Waals surface area contributed by atoms with Crippen LogP contribution >= 0.6 is 0 Å². The van der Waals surface area contributed by atoms with E-state index < -0.39 is 0 Å². The van der Waals surface area contributed by atoms with Crippen molar-refractivity contribution in [3.05, 3.63) is 53.9 Å². The number of aliphatic imine (C=N–C) groups is 1. The van der Waals surface area contributed by atoms with E-state index in [0.717, 1.165) is 42.5 Å². The van der Waals surface area contributed by atoms with E-state index in [1.807, 2.05) is 30.5 Å². The van der Waals surface area contributed by atoms with Crippen LogP contribution < -0.4 is 20.1 Å². The van der Waals surface area contributed by atoms with Crippen molar-refractivity contribution >= 4 is 5.96 Å². The summed E-state index contributed by atoms with van der Waals surface area (Å²) in [6.07, 6.45) is 4.58. The Balaban J connectivity index is 1.55. The van der Waals surface area contributed by atoms with Crippen molar-refractivity contribution in [3.63, 3.8) is 0 Å². The number of aromatic nitrogens is 1. The Morgan fingerprint density at radius 2 is 2.08 bits per heavy atom. The number of pyridine rings is 1. The first kappa shape index (κ1) is 16.1. The molecule has 1 aromatic heterocycles. The van der Waals surface area contributed by atoms with Crippen LogP contribution in [0.25, 0.3) is 0 Å². The molecule has 0 atom stereocenters. The smallest absolute Gasteiger partial charge is 0.231 e. The number of guanidine groups is 1. The molecule has 1 aliphatic heterocycles. The van der Waals surface area contributed by atoms with Crippen LogP contribution in [-0.2, 0) is 13.0 Å². The SMILES string of the molecule is CCNC(=NCc1ccc2c(c1)OCO2)NCCc1cccnc1. The van der Waals surface area contributed by atoms with Crippen molar-refractivity contribution in [2.75, 3.05) is 19.9 Å². The second-order valence-electron chi connectivity index (χ2n) is 5.42. The van der Waals surface area contributed by atoms with Crippen LogP contribution in [0.2, 0.25) is 0 Å². The summed E-state index contributed by atoms with van der Waals surface area (Å²) in [6, 6.07) is 9.94. The molecule has 2 N–H and O–H groups in total. The highest BCUT2D eigenvalue weighted by Crippen LogP contribution is 2.32. The van der Waals surface area contributed by atoms with E-state index in [4.69, 9.17) is 9.47 Å². The summed E-state index contributed by atoms with van der Waals surface area (Å²) in [5, 5.41) is 6.61. The Kier molecular flexibility index (Phi) is 5.50. The van der Waals surface area contributed by atoms with Gasteiger partial charge >= 0.3 is 0 Å². The lowest BCUT2D eigenvalue weighted by Gasteiger charge is -2.11. The van der Waals surface area contributed by atoms with Gasteiger partial charge in [-0.15, -0.1) is 0 Å². The van der Waals surface area contributed by atoms with Crippen LogP contribution in [0.15, 0.2) is 47.7 Å². The number of hydrogen-bond donors (Lipinski definition) is 2. The van der Waals surface area contributed by atoms with Crippen molar-refractivity contribution in [2.24, 2.45) is 4.99 Å². The highest BCUT2D eigenvalue weighted by Gasteiger charge is 2.12. The largest absolute Gasteiger partial charge is 0.454 e. The molecule has 24 heavy (non-hydrogen) atoms. The minimum absolute atomic E-state index is 0.292. The average Bonchev–Trinajstić information content (AvgIpc) is 3.08. The molecule has 0 saturated carbocycles. The molecule has 126 valence electrons. The normalized spacial score (nSPS) is 13.0. The minimum Gasteiger partial charge on any atom is -0.454 e. The molecule has 2 heterocycles. The molecule has 6 nitrogen and oxygen atoms in total. The van der Waals surface area contributed by atoms with Gasteiger partial charge in [0, 0.05) is 25.5 Å². The summed E-state index contributed by atoms with van der Waals surface area (Å²) in [7, 11) is 0. The predicted molar refractivity (Wildman–Crippen MR) is 93.3 cm³/mol. The summed E-state index contributed by atoms with van der Waals surface area (Å²) in [4.78, 5) is 8.75. The molecule has 0 spiro atoms. The summed E-state index contributed by atoms with van der Waals surface area (Å²) < 4.78 is 10.7. The number of ether oxygens (including phenoxy) is 2. The Bertz CT molecular complexity index is 689. The topological polar surface area (TPSA) is 67.8 Å². The van der Waals surface area contributed by atoms with E-state index in [2.05, 4.69) is 33.6 Å². The monoisotopic (exact) mass is 326 g/mol. The summed E-state index contributed by atoms with van der Waals surface area (Å²) in [5.74, 6) is 2.39. The molecular formula is C18H22N4O2. The lowest BCUT2D eigenvalue weighted by molar-refractivity contribution is 0.174. The Morgan fingerprint density at radius 3 is 2.92 bits per heavy atom. The lowest BCUT2D eigenvalue weighted by Crippen LogP contribution is -2.38. The van der Waals surface area contributed by atoms with Gasteiger partial charge in [-0.25, -0.2) is 4.99 Å². The third-order valence-corrected chi connectivity index (χ3v) is 3.63. The first-order valence-electron chi connectivity index (χ1n) is 8.15. The predicted octanol–water partition coefficient (Wildman–Crippen LogP) is 2.11. The van der Waals surface area contributed by atoms with Crippen LogP contribution in [0.5, 0.6) is 11.5 Å². The molecule has 0 unspecified atom stereocenters. The molecule has 0 saturated heterocycles. The first-order valence-corrected chi connectivity index (χ1v) is 8.15. The van der Waals surface area contributed by atoms with Crippen molar-refractivity contribution < 1.29 is 9.47 Å². The number of benzene rings is 1. The summed E-state index contributed by atoms with van der Waals surface area (Å²) in [6.45, 7) is 4.55. The van der Waals surface area contributed by atoms with Crippen molar-refractivity contribution in [2.45, 2.75) is 19.9 Å². The van der Waals surface area contributed by atoms with Gasteiger partial charge in [-0.3, -0.25) is 4.98 Å². The maximum absolute atomic E-state index is 5.40. The van der Waals surface area contributed by atoms with E-state index in [-0.39, 0.29) is 0 Å². The fourth-order valence-corrected chi connectivity index (χ4v) is 2.42. The zero-order valence-electron chi connectivity index (χ0n) is 13.8. The van der Waals surface area contributed by atoms with Gasteiger partial charge in [0.15, 0.2) is 17.5 Å². The van der Waals surface area contributed by atoms with Crippen molar-refractivity contribution in [1.82, 2.24) is 15.6 Å². The molecule has 2 aromatic rings. The molecule has 0 fully saturated rings. The first-order chi connectivity index (χ1) is 11.8. The second-order valence-corrected chi connectivity index (χ2v) is 5.42. The van der Waals surface area contributed by atoms with E-state index >= 15 is 0 Å².